The normalized spacial score (nSPS) is 16.1. The Bertz CT molecular complexity index is 446. The fraction of sp³-hybridized carbons (Fsp3) is 0.750. The molecule has 112 valence electrons. The van der Waals surface area contributed by atoms with Crippen molar-refractivity contribution in [3.8, 4) is 0 Å². The molecule has 20 heavy (non-hydrogen) atoms. The minimum absolute atomic E-state index is 0.00960. The van der Waals surface area contributed by atoms with E-state index in [9.17, 15) is 0 Å². The smallest absolute Gasteiger partial charge is 0.160 e. The maximum atomic E-state index is 5.86. The van der Waals surface area contributed by atoms with Gasteiger partial charge >= 0.3 is 0 Å². The fourth-order valence-electron chi connectivity index (χ4n) is 2.80. The third-order valence-electron chi connectivity index (χ3n) is 3.75. The first-order valence-electron chi connectivity index (χ1n) is 7.92. The van der Waals surface area contributed by atoms with Gasteiger partial charge in [0.05, 0.1) is 0 Å². The van der Waals surface area contributed by atoms with Crippen molar-refractivity contribution < 1.29 is 4.74 Å². The first-order valence-corrected chi connectivity index (χ1v) is 7.92. The third kappa shape index (κ3) is 3.29. The third-order valence-corrected chi connectivity index (χ3v) is 3.75. The van der Waals surface area contributed by atoms with Gasteiger partial charge in [-0.15, -0.1) is 0 Å². The number of nitrogens with one attached hydrogen (secondary N) is 1. The zero-order chi connectivity index (χ0) is 14.5. The molecule has 1 aliphatic rings. The van der Waals surface area contributed by atoms with E-state index in [1.54, 1.807) is 0 Å². The first-order chi connectivity index (χ1) is 9.67. The highest BCUT2D eigenvalue weighted by atomic mass is 16.5. The van der Waals surface area contributed by atoms with Crippen molar-refractivity contribution in [2.45, 2.75) is 59.5 Å². The van der Waals surface area contributed by atoms with Crippen LogP contribution in [0, 0.1) is 5.92 Å². The molecule has 1 unspecified atom stereocenters. The van der Waals surface area contributed by atoms with Crippen LogP contribution in [0.25, 0.3) is 0 Å². The highest BCUT2D eigenvalue weighted by Gasteiger charge is 2.24. The van der Waals surface area contributed by atoms with Crippen LogP contribution < -0.4 is 5.32 Å². The van der Waals surface area contributed by atoms with Gasteiger partial charge in [0.2, 0.25) is 0 Å². The van der Waals surface area contributed by atoms with E-state index in [1.165, 1.54) is 24.1 Å². The summed E-state index contributed by atoms with van der Waals surface area (Å²) in [5.41, 5.74) is 2.54. The lowest BCUT2D eigenvalue weighted by Gasteiger charge is -2.24. The molecule has 0 saturated carbocycles. The van der Waals surface area contributed by atoms with Crippen molar-refractivity contribution in [2.24, 2.45) is 5.92 Å². The summed E-state index contributed by atoms with van der Waals surface area (Å²) in [5.74, 6) is 2.25. The molecule has 1 aliphatic carbocycles. The largest absolute Gasteiger partial charge is 0.370 e. The number of nitrogens with zero attached hydrogens (tertiary/aromatic N) is 2. The molecule has 2 rings (SSSR count). The van der Waals surface area contributed by atoms with Gasteiger partial charge in [-0.1, -0.05) is 13.8 Å². The second kappa shape index (κ2) is 7.02. The Balaban J connectivity index is 2.40. The zero-order valence-corrected chi connectivity index (χ0v) is 13.2. The Kier molecular flexibility index (Phi) is 5.35. The van der Waals surface area contributed by atoms with E-state index in [1.807, 2.05) is 6.92 Å². The van der Waals surface area contributed by atoms with Crippen molar-refractivity contribution in [1.82, 2.24) is 9.97 Å². The van der Waals surface area contributed by atoms with E-state index in [0.717, 1.165) is 31.0 Å². The van der Waals surface area contributed by atoms with Crippen molar-refractivity contribution in [1.29, 1.82) is 0 Å². The SMILES string of the molecule is CCNc1nc(C(OCC)C(C)C)nc2c1CCCC2. The minimum atomic E-state index is -0.00960. The van der Waals surface area contributed by atoms with Gasteiger partial charge < -0.3 is 10.1 Å². The van der Waals surface area contributed by atoms with Crippen LogP contribution in [0.5, 0.6) is 0 Å². The summed E-state index contributed by atoms with van der Waals surface area (Å²) in [6, 6.07) is 0. The molecule has 0 bridgehead atoms. The van der Waals surface area contributed by atoms with Gasteiger partial charge in [0, 0.05) is 24.4 Å². The van der Waals surface area contributed by atoms with Gasteiger partial charge in [-0.25, -0.2) is 9.97 Å². The predicted octanol–water partition coefficient (Wildman–Crippen LogP) is 3.52. The number of aryl methyl sites for hydroxylation is 1. The molecule has 1 aromatic rings. The van der Waals surface area contributed by atoms with E-state index in [4.69, 9.17) is 14.7 Å². The summed E-state index contributed by atoms with van der Waals surface area (Å²) in [4.78, 5) is 9.59. The highest BCUT2D eigenvalue weighted by molar-refractivity contribution is 5.48. The van der Waals surface area contributed by atoms with E-state index in [2.05, 4.69) is 26.1 Å². The summed E-state index contributed by atoms with van der Waals surface area (Å²) < 4.78 is 5.86. The Morgan fingerprint density at radius 3 is 2.55 bits per heavy atom. The average molecular weight is 277 g/mol. The monoisotopic (exact) mass is 277 g/mol. The van der Waals surface area contributed by atoms with Crippen molar-refractivity contribution in [3.05, 3.63) is 17.1 Å². The van der Waals surface area contributed by atoms with Crippen LogP contribution in [-0.2, 0) is 17.6 Å². The Hall–Kier alpha value is -1.16. The van der Waals surface area contributed by atoms with Gasteiger partial charge in [0.15, 0.2) is 5.82 Å². The van der Waals surface area contributed by atoms with Crippen LogP contribution in [0.1, 0.15) is 63.7 Å². The van der Waals surface area contributed by atoms with E-state index in [0.29, 0.717) is 12.5 Å². The van der Waals surface area contributed by atoms with Crippen LogP contribution in [0.4, 0.5) is 5.82 Å². The maximum Gasteiger partial charge on any atom is 0.160 e. The van der Waals surface area contributed by atoms with Crippen LogP contribution in [0.15, 0.2) is 0 Å². The molecular formula is C16H27N3O. The molecule has 0 radical (unpaired) electrons. The van der Waals surface area contributed by atoms with Gasteiger partial charge in [-0.05, 0) is 45.4 Å². The molecule has 1 heterocycles. The van der Waals surface area contributed by atoms with Crippen molar-refractivity contribution in [2.75, 3.05) is 18.5 Å². The highest BCUT2D eigenvalue weighted by Crippen LogP contribution is 2.30. The molecular weight excluding hydrogens is 250 g/mol. The molecule has 0 amide bonds. The molecule has 1 atom stereocenters. The van der Waals surface area contributed by atoms with E-state index < -0.39 is 0 Å². The van der Waals surface area contributed by atoms with Gasteiger partial charge in [-0.2, -0.15) is 0 Å². The molecule has 0 fully saturated rings. The van der Waals surface area contributed by atoms with Crippen LogP contribution in [0.2, 0.25) is 0 Å². The molecule has 1 N–H and O–H groups in total. The lowest BCUT2D eigenvalue weighted by atomic mass is 9.95. The first kappa shape index (κ1) is 15.2. The standard InChI is InChI=1S/C16H27N3O/c1-5-17-15-12-9-7-8-10-13(12)18-16(19-15)14(11(3)4)20-6-2/h11,14H,5-10H2,1-4H3,(H,17,18,19). The summed E-state index contributed by atoms with van der Waals surface area (Å²) in [5, 5.41) is 3.41. The number of ether oxygens (including phenoxy) is 1. The maximum absolute atomic E-state index is 5.86. The Morgan fingerprint density at radius 1 is 1.15 bits per heavy atom. The number of fused-ring (bicyclic) bond motifs is 1. The quantitative estimate of drug-likeness (QED) is 0.864. The lowest BCUT2D eigenvalue weighted by molar-refractivity contribution is 0.0231. The van der Waals surface area contributed by atoms with Gasteiger partial charge in [0.1, 0.15) is 11.9 Å². The van der Waals surface area contributed by atoms with Gasteiger partial charge in [-0.3, -0.25) is 0 Å². The number of anilines is 1. The summed E-state index contributed by atoms with van der Waals surface area (Å²) in [6.07, 6.45) is 4.63. The predicted molar refractivity (Wildman–Crippen MR) is 82.0 cm³/mol. The Labute approximate surface area is 122 Å². The van der Waals surface area contributed by atoms with E-state index in [-0.39, 0.29) is 6.10 Å². The Morgan fingerprint density at radius 2 is 1.90 bits per heavy atom. The number of rotatable bonds is 6. The number of hydrogen-bond donors (Lipinski definition) is 1. The lowest BCUT2D eigenvalue weighted by Crippen LogP contribution is -2.20. The minimum Gasteiger partial charge on any atom is -0.370 e. The molecule has 0 aromatic carbocycles. The average Bonchev–Trinajstić information content (AvgIpc) is 2.44. The molecule has 0 aliphatic heterocycles. The molecule has 0 saturated heterocycles. The molecule has 1 aromatic heterocycles. The van der Waals surface area contributed by atoms with Crippen molar-refractivity contribution in [3.63, 3.8) is 0 Å². The van der Waals surface area contributed by atoms with Crippen LogP contribution >= 0.6 is 0 Å². The topological polar surface area (TPSA) is 47.0 Å². The second-order valence-corrected chi connectivity index (χ2v) is 5.71. The van der Waals surface area contributed by atoms with Crippen LogP contribution in [-0.4, -0.2) is 23.1 Å². The summed E-state index contributed by atoms with van der Waals surface area (Å²) >= 11 is 0. The van der Waals surface area contributed by atoms with Gasteiger partial charge in [0.25, 0.3) is 0 Å². The fourth-order valence-corrected chi connectivity index (χ4v) is 2.80. The summed E-state index contributed by atoms with van der Waals surface area (Å²) in [7, 11) is 0. The number of hydrogen-bond acceptors (Lipinski definition) is 4. The zero-order valence-electron chi connectivity index (χ0n) is 13.2. The molecule has 0 spiro atoms. The second-order valence-electron chi connectivity index (χ2n) is 5.71. The van der Waals surface area contributed by atoms with Crippen LogP contribution in [0.3, 0.4) is 0 Å². The van der Waals surface area contributed by atoms with Crippen molar-refractivity contribution >= 4 is 5.82 Å². The summed E-state index contributed by atoms with van der Waals surface area (Å²) in [6.45, 7) is 10.0. The van der Waals surface area contributed by atoms with E-state index >= 15 is 0 Å². The molecule has 4 heteroatoms. The number of aromatic nitrogens is 2. The molecule has 4 nitrogen and oxygen atoms in total.